The molecule has 36 heavy (non-hydrogen) atoms. The van der Waals surface area contributed by atoms with Gasteiger partial charge in [0.15, 0.2) is 0 Å². The number of amides is 2. The van der Waals surface area contributed by atoms with E-state index in [0.29, 0.717) is 29.5 Å². The number of rotatable bonds is 6. The first-order valence-electron chi connectivity index (χ1n) is 11.8. The van der Waals surface area contributed by atoms with Gasteiger partial charge in [0.1, 0.15) is 22.4 Å². The lowest BCUT2D eigenvalue weighted by molar-refractivity contribution is -0.144. The second kappa shape index (κ2) is 9.09. The van der Waals surface area contributed by atoms with E-state index in [9.17, 15) is 9.59 Å². The highest BCUT2D eigenvalue weighted by molar-refractivity contribution is 7.20. The lowest BCUT2D eigenvalue weighted by atomic mass is 9.86. The Labute approximate surface area is 214 Å². The molecule has 0 spiro atoms. The number of carbonyl (C=O) groups is 2. The molecule has 0 aliphatic carbocycles. The number of nitrogens with one attached hydrogen (secondary N) is 1. The minimum absolute atomic E-state index is 0.0462. The number of thiophene rings is 1. The quantitative estimate of drug-likeness (QED) is 0.379. The standard InChI is InChI=1S/C28H29N3O4S/c1-28(2,3)19-7-9-21-17(11-19)10-18-12-24(36-26(18)30-21)25(32)29-22-15-31(27(22)33)14-16-6-8-20(34-4)13-23(16)35-5/h6-13,22H,14-15H2,1-5H3,(H,29,32). The van der Waals surface area contributed by atoms with Gasteiger partial charge in [0, 0.05) is 28.9 Å². The predicted molar refractivity (Wildman–Crippen MR) is 142 cm³/mol. The number of fused-ring (bicyclic) bond motifs is 2. The zero-order valence-electron chi connectivity index (χ0n) is 21.0. The molecule has 2 aromatic heterocycles. The van der Waals surface area contributed by atoms with Crippen LogP contribution in [-0.2, 0) is 16.8 Å². The lowest BCUT2D eigenvalue weighted by Gasteiger charge is -2.38. The topological polar surface area (TPSA) is 80.8 Å². The van der Waals surface area contributed by atoms with Gasteiger partial charge in [-0.3, -0.25) is 9.59 Å². The van der Waals surface area contributed by atoms with Crippen LogP contribution < -0.4 is 14.8 Å². The second-order valence-electron chi connectivity index (χ2n) is 10.1. The Bertz CT molecular complexity index is 1490. The number of pyridine rings is 1. The van der Waals surface area contributed by atoms with Gasteiger partial charge in [-0.15, -0.1) is 11.3 Å². The summed E-state index contributed by atoms with van der Waals surface area (Å²) in [5, 5.41) is 4.86. The molecule has 186 valence electrons. The Kier molecular flexibility index (Phi) is 6.08. The van der Waals surface area contributed by atoms with E-state index in [1.807, 2.05) is 24.3 Å². The zero-order valence-corrected chi connectivity index (χ0v) is 21.9. The van der Waals surface area contributed by atoms with Crippen molar-refractivity contribution in [1.29, 1.82) is 0 Å². The van der Waals surface area contributed by atoms with Crippen LogP contribution in [-0.4, -0.2) is 48.5 Å². The van der Waals surface area contributed by atoms with Crippen LogP contribution in [0.3, 0.4) is 0 Å². The molecule has 1 aliphatic rings. The number of carbonyl (C=O) groups excluding carboxylic acids is 2. The normalized spacial score (nSPS) is 15.8. The molecule has 3 heterocycles. The number of nitrogens with zero attached hydrogens (tertiary/aromatic N) is 2. The molecular weight excluding hydrogens is 474 g/mol. The van der Waals surface area contributed by atoms with E-state index in [-0.39, 0.29) is 17.2 Å². The van der Waals surface area contributed by atoms with Gasteiger partial charge in [-0.05, 0) is 47.4 Å². The summed E-state index contributed by atoms with van der Waals surface area (Å²) in [7, 11) is 3.18. The number of methoxy groups -OCH3 is 2. The van der Waals surface area contributed by atoms with E-state index in [4.69, 9.17) is 14.5 Å². The molecule has 1 atom stereocenters. The van der Waals surface area contributed by atoms with Crippen molar-refractivity contribution >= 4 is 44.3 Å². The van der Waals surface area contributed by atoms with Crippen molar-refractivity contribution in [3.8, 4) is 11.5 Å². The largest absolute Gasteiger partial charge is 0.497 e. The Morgan fingerprint density at radius 3 is 2.58 bits per heavy atom. The summed E-state index contributed by atoms with van der Waals surface area (Å²) in [6.45, 7) is 7.41. The highest BCUT2D eigenvalue weighted by atomic mass is 32.1. The fourth-order valence-electron chi connectivity index (χ4n) is 4.38. The van der Waals surface area contributed by atoms with Crippen molar-refractivity contribution in [2.24, 2.45) is 0 Å². The fourth-order valence-corrected chi connectivity index (χ4v) is 5.30. The van der Waals surface area contributed by atoms with E-state index in [0.717, 1.165) is 26.7 Å². The predicted octanol–water partition coefficient (Wildman–Crippen LogP) is 4.91. The Balaban J connectivity index is 1.27. The van der Waals surface area contributed by atoms with Gasteiger partial charge < -0.3 is 19.7 Å². The molecule has 7 nitrogen and oxygen atoms in total. The summed E-state index contributed by atoms with van der Waals surface area (Å²) >= 11 is 1.34. The summed E-state index contributed by atoms with van der Waals surface area (Å²) < 4.78 is 10.7. The van der Waals surface area contributed by atoms with Gasteiger partial charge in [0.25, 0.3) is 5.91 Å². The average molecular weight is 504 g/mol. The highest BCUT2D eigenvalue weighted by Gasteiger charge is 2.38. The Morgan fingerprint density at radius 1 is 1.08 bits per heavy atom. The number of β-lactam (4-membered cyclic amide) rings is 1. The molecule has 1 unspecified atom stereocenters. The Morgan fingerprint density at radius 2 is 1.89 bits per heavy atom. The van der Waals surface area contributed by atoms with Crippen LogP contribution >= 0.6 is 11.3 Å². The molecule has 8 heteroatoms. The third-order valence-electron chi connectivity index (χ3n) is 6.56. The molecule has 2 amide bonds. The summed E-state index contributed by atoms with van der Waals surface area (Å²) in [6.07, 6.45) is 0. The first-order valence-corrected chi connectivity index (χ1v) is 12.6. The van der Waals surface area contributed by atoms with Crippen molar-refractivity contribution in [3.63, 3.8) is 0 Å². The van der Waals surface area contributed by atoms with Gasteiger partial charge in [-0.1, -0.05) is 26.8 Å². The van der Waals surface area contributed by atoms with Gasteiger partial charge in [0.2, 0.25) is 5.91 Å². The highest BCUT2D eigenvalue weighted by Crippen LogP contribution is 2.31. The molecular formula is C28H29N3O4S. The van der Waals surface area contributed by atoms with Gasteiger partial charge in [-0.2, -0.15) is 0 Å². The van der Waals surface area contributed by atoms with Gasteiger partial charge in [0.05, 0.1) is 31.2 Å². The van der Waals surface area contributed by atoms with Crippen LogP contribution in [0.25, 0.3) is 21.1 Å². The second-order valence-corrected chi connectivity index (χ2v) is 11.1. The maximum absolute atomic E-state index is 12.9. The van der Waals surface area contributed by atoms with Crippen LogP contribution in [0.1, 0.15) is 41.6 Å². The fraction of sp³-hybridized carbons (Fsp3) is 0.321. The van der Waals surface area contributed by atoms with Crippen LogP contribution in [0.5, 0.6) is 11.5 Å². The maximum atomic E-state index is 12.9. The average Bonchev–Trinajstić information content (AvgIpc) is 3.28. The third kappa shape index (κ3) is 4.48. The third-order valence-corrected chi connectivity index (χ3v) is 7.61. The van der Waals surface area contributed by atoms with Crippen molar-refractivity contribution < 1.29 is 19.1 Å². The van der Waals surface area contributed by atoms with Crippen LogP contribution in [0, 0.1) is 0 Å². The van der Waals surface area contributed by atoms with E-state index in [2.05, 4.69) is 44.3 Å². The summed E-state index contributed by atoms with van der Waals surface area (Å²) in [5.74, 6) is 0.990. The van der Waals surface area contributed by atoms with Crippen LogP contribution in [0.15, 0.2) is 48.5 Å². The van der Waals surface area contributed by atoms with E-state index in [1.165, 1.54) is 16.9 Å². The van der Waals surface area contributed by atoms with Gasteiger partial charge in [-0.25, -0.2) is 4.98 Å². The van der Waals surface area contributed by atoms with Crippen LogP contribution in [0.4, 0.5) is 0 Å². The zero-order chi connectivity index (χ0) is 25.6. The molecule has 1 fully saturated rings. The number of hydrogen-bond acceptors (Lipinski definition) is 6. The van der Waals surface area contributed by atoms with Crippen molar-refractivity contribution in [2.45, 2.75) is 38.8 Å². The van der Waals surface area contributed by atoms with E-state index in [1.54, 1.807) is 25.2 Å². The summed E-state index contributed by atoms with van der Waals surface area (Å²) in [6, 6.07) is 15.2. The SMILES string of the molecule is COc1ccc(CN2CC(NC(=O)c3cc4cc5cc(C(C)(C)C)ccc5nc4s3)C2=O)c(OC)c1. The summed E-state index contributed by atoms with van der Waals surface area (Å²) in [4.78, 5) is 33.5. The molecule has 1 aliphatic heterocycles. The number of ether oxygens (including phenoxy) is 2. The molecule has 0 radical (unpaired) electrons. The smallest absolute Gasteiger partial charge is 0.262 e. The first kappa shape index (κ1) is 24.1. The molecule has 0 saturated carbocycles. The number of aromatic nitrogens is 1. The Hall–Kier alpha value is -3.65. The molecule has 5 rings (SSSR count). The van der Waals surface area contributed by atoms with E-state index >= 15 is 0 Å². The molecule has 1 saturated heterocycles. The molecule has 4 aromatic rings. The molecule has 1 N–H and O–H groups in total. The lowest BCUT2D eigenvalue weighted by Crippen LogP contribution is -2.63. The minimum atomic E-state index is -0.534. The van der Waals surface area contributed by atoms with E-state index < -0.39 is 6.04 Å². The monoisotopic (exact) mass is 503 g/mol. The maximum Gasteiger partial charge on any atom is 0.262 e. The summed E-state index contributed by atoms with van der Waals surface area (Å²) in [5.41, 5.74) is 3.08. The molecule has 0 bridgehead atoms. The van der Waals surface area contributed by atoms with Gasteiger partial charge >= 0.3 is 0 Å². The van der Waals surface area contributed by atoms with Crippen LogP contribution in [0.2, 0.25) is 0 Å². The van der Waals surface area contributed by atoms with Crippen molar-refractivity contribution in [2.75, 3.05) is 20.8 Å². The molecule has 2 aromatic carbocycles. The number of likely N-dealkylation sites (tertiary alicyclic amines) is 1. The minimum Gasteiger partial charge on any atom is -0.497 e. The first-order chi connectivity index (χ1) is 17.2. The number of benzene rings is 2. The van der Waals surface area contributed by atoms with Crippen molar-refractivity contribution in [1.82, 2.24) is 15.2 Å². The van der Waals surface area contributed by atoms with Crippen molar-refractivity contribution in [3.05, 3.63) is 64.5 Å². The number of hydrogen-bond donors (Lipinski definition) is 1.